The number of carbonyl (C=O) groups is 2. The van der Waals surface area contributed by atoms with Gasteiger partial charge in [0.2, 0.25) is 0 Å². The van der Waals surface area contributed by atoms with E-state index in [4.69, 9.17) is 16.3 Å². The second-order valence-corrected chi connectivity index (χ2v) is 6.91. The molecule has 1 amide bonds. The number of nitrogens with one attached hydrogen (secondary N) is 1. The Bertz CT molecular complexity index is 1210. The van der Waals surface area contributed by atoms with Crippen molar-refractivity contribution in [3.05, 3.63) is 95.8 Å². The van der Waals surface area contributed by atoms with E-state index in [1.807, 2.05) is 60.7 Å². The zero-order valence-electron chi connectivity index (χ0n) is 16.2. The van der Waals surface area contributed by atoms with Crippen molar-refractivity contribution in [3.8, 4) is 16.9 Å². The first-order chi connectivity index (χ1) is 15.1. The van der Waals surface area contributed by atoms with Crippen LogP contribution in [0.1, 0.15) is 10.4 Å². The van der Waals surface area contributed by atoms with Crippen LogP contribution >= 0.6 is 11.6 Å². The van der Waals surface area contributed by atoms with Gasteiger partial charge in [0.15, 0.2) is 6.61 Å². The van der Waals surface area contributed by atoms with E-state index < -0.39 is 18.5 Å². The number of anilines is 1. The van der Waals surface area contributed by atoms with Crippen LogP contribution < -0.4 is 5.32 Å². The quantitative estimate of drug-likeness (QED) is 0.361. The van der Waals surface area contributed by atoms with Crippen LogP contribution in [-0.2, 0) is 9.53 Å². The molecule has 1 N–H and O–H groups in total. The molecule has 4 aromatic rings. The first-order valence-corrected chi connectivity index (χ1v) is 9.77. The molecule has 0 atom stereocenters. The standard InChI is InChI=1S/C23H17ClN4O3/c24-20-13-17(11-12-25-20)23(30)31-15-22(29)26-21-14-19(16-7-3-1-4-8-16)27-28(21)18-9-5-2-6-10-18/h1-14H,15H2,(H,26,29). The Morgan fingerprint density at radius 2 is 1.68 bits per heavy atom. The first kappa shape index (κ1) is 20.3. The highest BCUT2D eigenvalue weighted by molar-refractivity contribution is 6.29. The maximum atomic E-state index is 12.5. The van der Waals surface area contributed by atoms with Gasteiger partial charge in [0.1, 0.15) is 11.0 Å². The molecule has 31 heavy (non-hydrogen) atoms. The number of para-hydroxylation sites is 1. The molecule has 2 heterocycles. The average Bonchev–Trinajstić information content (AvgIpc) is 3.22. The van der Waals surface area contributed by atoms with Gasteiger partial charge < -0.3 is 10.1 Å². The lowest BCUT2D eigenvalue weighted by Crippen LogP contribution is -2.22. The molecule has 154 valence electrons. The largest absolute Gasteiger partial charge is 0.452 e. The van der Waals surface area contributed by atoms with Gasteiger partial charge in [-0.3, -0.25) is 4.79 Å². The minimum Gasteiger partial charge on any atom is -0.452 e. The predicted octanol–water partition coefficient (Wildman–Crippen LogP) is 4.38. The average molecular weight is 433 g/mol. The van der Waals surface area contributed by atoms with Crippen molar-refractivity contribution in [1.82, 2.24) is 14.8 Å². The fourth-order valence-corrected chi connectivity index (χ4v) is 3.08. The lowest BCUT2D eigenvalue weighted by molar-refractivity contribution is -0.119. The maximum Gasteiger partial charge on any atom is 0.338 e. The molecule has 8 heteroatoms. The number of hydrogen-bond donors (Lipinski definition) is 1. The van der Waals surface area contributed by atoms with Crippen LogP contribution in [0.15, 0.2) is 85.1 Å². The van der Waals surface area contributed by atoms with Crippen molar-refractivity contribution >= 4 is 29.3 Å². The number of benzene rings is 2. The molecule has 7 nitrogen and oxygen atoms in total. The minimum absolute atomic E-state index is 0.166. The van der Waals surface area contributed by atoms with Crippen LogP contribution in [0, 0.1) is 0 Å². The summed E-state index contributed by atoms with van der Waals surface area (Å²) in [6.07, 6.45) is 1.39. The van der Waals surface area contributed by atoms with Crippen LogP contribution in [0.2, 0.25) is 5.15 Å². The molecule has 0 saturated carbocycles. The van der Waals surface area contributed by atoms with E-state index in [2.05, 4.69) is 15.4 Å². The van der Waals surface area contributed by atoms with Gasteiger partial charge >= 0.3 is 5.97 Å². The lowest BCUT2D eigenvalue weighted by Gasteiger charge is -2.09. The summed E-state index contributed by atoms with van der Waals surface area (Å²) in [6.45, 7) is -0.459. The van der Waals surface area contributed by atoms with Gasteiger partial charge in [0.25, 0.3) is 5.91 Å². The van der Waals surface area contributed by atoms with E-state index >= 15 is 0 Å². The fourth-order valence-electron chi connectivity index (χ4n) is 2.91. The number of pyridine rings is 1. The third-order valence-corrected chi connectivity index (χ3v) is 4.55. The SMILES string of the molecule is O=C(COC(=O)c1ccnc(Cl)c1)Nc1cc(-c2ccccc2)nn1-c1ccccc1. The van der Waals surface area contributed by atoms with E-state index in [9.17, 15) is 9.59 Å². The second kappa shape index (κ2) is 9.23. The summed E-state index contributed by atoms with van der Waals surface area (Å²) < 4.78 is 6.72. The number of hydrogen-bond acceptors (Lipinski definition) is 5. The molecule has 0 saturated heterocycles. The monoisotopic (exact) mass is 432 g/mol. The zero-order chi connectivity index (χ0) is 21.6. The Morgan fingerprint density at radius 3 is 2.39 bits per heavy atom. The van der Waals surface area contributed by atoms with Gasteiger partial charge in [0, 0.05) is 17.8 Å². The summed E-state index contributed by atoms with van der Waals surface area (Å²) in [4.78, 5) is 28.4. The summed E-state index contributed by atoms with van der Waals surface area (Å²) >= 11 is 5.78. The lowest BCUT2D eigenvalue weighted by atomic mass is 10.2. The zero-order valence-corrected chi connectivity index (χ0v) is 17.0. The van der Waals surface area contributed by atoms with Gasteiger partial charge in [-0.05, 0) is 24.3 Å². The molecule has 0 unspecified atom stereocenters. The topological polar surface area (TPSA) is 86.1 Å². The van der Waals surface area contributed by atoms with Gasteiger partial charge in [-0.15, -0.1) is 0 Å². The third kappa shape index (κ3) is 4.96. The Morgan fingerprint density at radius 1 is 0.968 bits per heavy atom. The van der Waals surface area contributed by atoms with Gasteiger partial charge in [-0.1, -0.05) is 60.1 Å². The fraction of sp³-hybridized carbons (Fsp3) is 0.0435. The highest BCUT2D eigenvalue weighted by Crippen LogP contribution is 2.24. The molecule has 0 radical (unpaired) electrons. The number of carbonyl (C=O) groups excluding carboxylic acids is 2. The van der Waals surface area contributed by atoms with E-state index in [1.54, 1.807) is 10.7 Å². The molecule has 0 spiro atoms. The number of halogens is 1. The van der Waals surface area contributed by atoms with Crippen molar-refractivity contribution in [2.45, 2.75) is 0 Å². The summed E-state index contributed by atoms with van der Waals surface area (Å²) in [5.41, 5.74) is 2.61. The van der Waals surface area contributed by atoms with Crippen molar-refractivity contribution in [2.24, 2.45) is 0 Å². The van der Waals surface area contributed by atoms with Gasteiger partial charge in [-0.25, -0.2) is 14.5 Å². The highest BCUT2D eigenvalue weighted by atomic mass is 35.5. The Balaban J connectivity index is 1.52. The molecule has 0 aliphatic carbocycles. The van der Waals surface area contributed by atoms with Crippen LogP contribution in [-0.4, -0.2) is 33.2 Å². The molecule has 2 aromatic carbocycles. The Labute approximate surface area is 183 Å². The number of aromatic nitrogens is 3. The molecule has 0 fully saturated rings. The number of rotatable bonds is 6. The van der Waals surface area contributed by atoms with E-state index in [0.29, 0.717) is 11.5 Å². The molecule has 0 aliphatic rings. The van der Waals surface area contributed by atoms with E-state index in [-0.39, 0.29) is 10.7 Å². The van der Waals surface area contributed by atoms with E-state index in [0.717, 1.165) is 11.3 Å². The van der Waals surface area contributed by atoms with E-state index in [1.165, 1.54) is 18.3 Å². The number of esters is 1. The van der Waals surface area contributed by atoms with Crippen LogP contribution in [0.4, 0.5) is 5.82 Å². The Hall–Kier alpha value is -3.97. The van der Waals surface area contributed by atoms with Crippen LogP contribution in [0.25, 0.3) is 16.9 Å². The van der Waals surface area contributed by atoms with Crippen LogP contribution in [0.5, 0.6) is 0 Å². The summed E-state index contributed by atoms with van der Waals surface area (Å²) in [6, 6.07) is 23.6. The highest BCUT2D eigenvalue weighted by Gasteiger charge is 2.16. The number of nitrogens with zero attached hydrogens (tertiary/aromatic N) is 3. The third-order valence-electron chi connectivity index (χ3n) is 4.34. The first-order valence-electron chi connectivity index (χ1n) is 9.39. The van der Waals surface area contributed by atoms with Gasteiger partial charge in [-0.2, -0.15) is 5.10 Å². The Kier molecular flexibility index (Phi) is 6.05. The second-order valence-electron chi connectivity index (χ2n) is 6.52. The molecule has 4 rings (SSSR count). The van der Waals surface area contributed by atoms with Crippen molar-refractivity contribution in [3.63, 3.8) is 0 Å². The maximum absolute atomic E-state index is 12.5. The summed E-state index contributed by atoms with van der Waals surface area (Å²) in [5, 5.41) is 7.56. The van der Waals surface area contributed by atoms with Gasteiger partial charge in [0.05, 0.1) is 16.9 Å². The minimum atomic E-state index is -0.666. The normalized spacial score (nSPS) is 10.5. The van der Waals surface area contributed by atoms with Crippen LogP contribution in [0.3, 0.4) is 0 Å². The summed E-state index contributed by atoms with van der Waals surface area (Å²) in [7, 11) is 0. The smallest absolute Gasteiger partial charge is 0.338 e. The predicted molar refractivity (Wildman–Crippen MR) is 117 cm³/mol. The molecule has 0 aliphatic heterocycles. The molecule has 0 bridgehead atoms. The molecule has 2 aromatic heterocycles. The molecular weight excluding hydrogens is 416 g/mol. The van der Waals surface area contributed by atoms with Crippen molar-refractivity contribution < 1.29 is 14.3 Å². The summed E-state index contributed by atoms with van der Waals surface area (Å²) in [5.74, 6) is -0.704. The van der Waals surface area contributed by atoms with Crippen molar-refractivity contribution in [2.75, 3.05) is 11.9 Å². The molecular formula is C23H17ClN4O3. The number of amides is 1. The number of ether oxygens (including phenoxy) is 1. The van der Waals surface area contributed by atoms with Crippen molar-refractivity contribution in [1.29, 1.82) is 0 Å².